The van der Waals surface area contributed by atoms with Crippen LogP contribution >= 0.6 is 0 Å². The number of aromatic amines is 1. The second kappa shape index (κ2) is 3.67. The summed E-state index contributed by atoms with van der Waals surface area (Å²) >= 11 is 0. The molecule has 1 heterocycles. The van der Waals surface area contributed by atoms with E-state index in [0.29, 0.717) is 12.5 Å². The highest BCUT2D eigenvalue weighted by Crippen LogP contribution is 2.20. The summed E-state index contributed by atoms with van der Waals surface area (Å²) in [4.78, 5) is 14.9. The van der Waals surface area contributed by atoms with Crippen LogP contribution in [0.3, 0.4) is 0 Å². The molecule has 3 rings (SSSR count). The summed E-state index contributed by atoms with van der Waals surface area (Å²) in [5, 5.41) is 4.15. The minimum atomic E-state index is 0.132. The lowest BCUT2D eigenvalue weighted by Crippen LogP contribution is -2.26. The van der Waals surface area contributed by atoms with Gasteiger partial charge in [0.25, 0.3) is 0 Å². The molecule has 0 atom stereocenters. The monoisotopic (exact) mass is 214 g/mol. The van der Waals surface area contributed by atoms with Gasteiger partial charge in [-0.15, -0.1) is 0 Å². The van der Waals surface area contributed by atoms with E-state index < -0.39 is 0 Å². The minimum Gasteiger partial charge on any atom is -0.361 e. The summed E-state index contributed by atoms with van der Waals surface area (Å²) in [5.74, 6) is 0.132. The van der Waals surface area contributed by atoms with Gasteiger partial charge in [-0.2, -0.15) is 0 Å². The molecule has 1 saturated carbocycles. The molecule has 1 amide bonds. The molecule has 0 saturated heterocycles. The van der Waals surface area contributed by atoms with Crippen molar-refractivity contribution in [2.75, 3.05) is 0 Å². The van der Waals surface area contributed by atoms with Crippen molar-refractivity contribution in [1.82, 2.24) is 10.3 Å². The number of carbonyl (C=O) groups excluding carboxylic acids is 1. The molecule has 3 heteroatoms. The fraction of sp³-hybridized carbons (Fsp3) is 0.308. The Morgan fingerprint density at radius 2 is 2.19 bits per heavy atom. The lowest BCUT2D eigenvalue weighted by molar-refractivity contribution is -0.120. The molecule has 0 unspecified atom stereocenters. The normalized spacial score (nSPS) is 15.2. The van der Waals surface area contributed by atoms with Gasteiger partial charge < -0.3 is 10.3 Å². The largest absolute Gasteiger partial charge is 0.361 e. The van der Waals surface area contributed by atoms with Crippen LogP contribution in [0.2, 0.25) is 0 Å². The molecule has 2 N–H and O–H groups in total. The Bertz CT molecular complexity index is 525. The van der Waals surface area contributed by atoms with Crippen molar-refractivity contribution in [3.8, 4) is 0 Å². The van der Waals surface area contributed by atoms with Crippen molar-refractivity contribution in [3.05, 3.63) is 36.0 Å². The van der Waals surface area contributed by atoms with Crippen LogP contribution < -0.4 is 5.32 Å². The van der Waals surface area contributed by atoms with Gasteiger partial charge in [0, 0.05) is 23.1 Å². The first kappa shape index (κ1) is 9.46. The van der Waals surface area contributed by atoms with Gasteiger partial charge in [0.1, 0.15) is 0 Å². The molecule has 16 heavy (non-hydrogen) atoms. The fourth-order valence-electron chi connectivity index (χ4n) is 1.96. The van der Waals surface area contributed by atoms with Crippen LogP contribution in [-0.2, 0) is 11.2 Å². The Balaban J connectivity index is 1.80. The van der Waals surface area contributed by atoms with Gasteiger partial charge in [0.2, 0.25) is 5.91 Å². The van der Waals surface area contributed by atoms with E-state index in [9.17, 15) is 4.79 Å². The number of rotatable bonds is 3. The lowest BCUT2D eigenvalue weighted by atomic mass is 10.1. The van der Waals surface area contributed by atoms with Gasteiger partial charge in [-0.05, 0) is 24.5 Å². The third-order valence-electron chi connectivity index (χ3n) is 2.97. The van der Waals surface area contributed by atoms with Crippen molar-refractivity contribution >= 4 is 16.8 Å². The maximum absolute atomic E-state index is 11.7. The minimum absolute atomic E-state index is 0.132. The van der Waals surface area contributed by atoms with E-state index >= 15 is 0 Å². The van der Waals surface area contributed by atoms with Crippen molar-refractivity contribution in [3.63, 3.8) is 0 Å². The molecule has 0 radical (unpaired) electrons. The smallest absolute Gasteiger partial charge is 0.224 e. The first-order valence-electron chi connectivity index (χ1n) is 5.67. The maximum atomic E-state index is 11.7. The molecule has 1 aromatic carbocycles. The highest BCUT2D eigenvalue weighted by atomic mass is 16.1. The van der Waals surface area contributed by atoms with Crippen molar-refractivity contribution in [2.45, 2.75) is 25.3 Å². The molecule has 0 spiro atoms. The molecule has 1 fully saturated rings. The average molecular weight is 214 g/mol. The second-order valence-corrected chi connectivity index (χ2v) is 4.38. The molecule has 3 nitrogen and oxygen atoms in total. The zero-order valence-electron chi connectivity index (χ0n) is 8.99. The van der Waals surface area contributed by atoms with Crippen LogP contribution in [0.1, 0.15) is 18.4 Å². The lowest BCUT2D eigenvalue weighted by Gasteiger charge is -2.01. The standard InChI is InChI=1S/C13H14N2O/c16-13(15-10-5-6-10)7-9-8-14-12-4-2-1-3-11(9)12/h1-4,8,10,14H,5-7H2,(H,15,16). The van der Waals surface area contributed by atoms with Crippen LogP contribution in [0, 0.1) is 0 Å². The summed E-state index contributed by atoms with van der Waals surface area (Å²) in [6.07, 6.45) is 4.68. The zero-order chi connectivity index (χ0) is 11.0. The van der Waals surface area contributed by atoms with Gasteiger partial charge >= 0.3 is 0 Å². The summed E-state index contributed by atoms with van der Waals surface area (Å²) in [7, 11) is 0. The molecule has 0 aliphatic heterocycles. The number of aromatic nitrogens is 1. The van der Waals surface area contributed by atoms with E-state index in [1.54, 1.807) is 0 Å². The van der Waals surface area contributed by atoms with E-state index in [4.69, 9.17) is 0 Å². The average Bonchev–Trinajstić information content (AvgIpc) is 3.00. The van der Waals surface area contributed by atoms with Gasteiger partial charge in [0.05, 0.1) is 6.42 Å². The Kier molecular flexibility index (Phi) is 2.17. The van der Waals surface area contributed by atoms with Crippen LogP contribution in [-0.4, -0.2) is 16.9 Å². The van der Waals surface area contributed by atoms with Crippen molar-refractivity contribution in [2.24, 2.45) is 0 Å². The van der Waals surface area contributed by atoms with E-state index in [-0.39, 0.29) is 5.91 Å². The molecule has 1 aromatic heterocycles. The Hall–Kier alpha value is -1.77. The molecule has 1 aliphatic carbocycles. The van der Waals surface area contributed by atoms with Crippen LogP contribution in [0.5, 0.6) is 0 Å². The Labute approximate surface area is 93.9 Å². The van der Waals surface area contributed by atoms with Crippen molar-refractivity contribution in [1.29, 1.82) is 0 Å². The zero-order valence-corrected chi connectivity index (χ0v) is 8.99. The van der Waals surface area contributed by atoms with Crippen molar-refractivity contribution < 1.29 is 4.79 Å². The molecular weight excluding hydrogens is 200 g/mol. The third kappa shape index (κ3) is 1.81. The number of hydrogen-bond donors (Lipinski definition) is 2. The maximum Gasteiger partial charge on any atom is 0.224 e. The number of amides is 1. The van der Waals surface area contributed by atoms with Gasteiger partial charge in [0.15, 0.2) is 0 Å². The number of benzene rings is 1. The number of para-hydroxylation sites is 1. The van der Waals surface area contributed by atoms with E-state index in [1.165, 1.54) is 0 Å². The molecule has 0 bridgehead atoms. The van der Waals surface area contributed by atoms with Gasteiger partial charge in [-0.25, -0.2) is 0 Å². The van der Waals surface area contributed by atoms with E-state index in [1.807, 2.05) is 30.5 Å². The molecule has 82 valence electrons. The molecule has 2 aromatic rings. The molecule has 1 aliphatic rings. The number of nitrogens with one attached hydrogen (secondary N) is 2. The highest BCUT2D eigenvalue weighted by Gasteiger charge is 2.23. The summed E-state index contributed by atoms with van der Waals surface area (Å²) in [6.45, 7) is 0. The van der Waals surface area contributed by atoms with E-state index in [2.05, 4.69) is 10.3 Å². The van der Waals surface area contributed by atoms with Crippen LogP contribution in [0.15, 0.2) is 30.5 Å². The third-order valence-corrected chi connectivity index (χ3v) is 2.97. The number of H-pyrrole nitrogens is 1. The quantitative estimate of drug-likeness (QED) is 0.806. The predicted molar refractivity (Wildman–Crippen MR) is 63.2 cm³/mol. The SMILES string of the molecule is O=C(Cc1c[nH]c2ccccc12)NC1CC1. The topological polar surface area (TPSA) is 44.9 Å². The number of fused-ring (bicyclic) bond motifs is 1. The summed E-state index contributed by atoms with van der Waals surface area (Å²) in [5.41, 5.74) is 2.17. The number of hydrogen-bond acceptors (Lipinski definition) is 1. The summed E-state index contributed by atoms with van der Waals surface area (Å²) < 4.78 is 0. The highest BCUT2D eigenvalue weighted by molar-refractivity contribution is 5.88. The second-order valence-electron chi connectivity index (χ2n) is 4.38. The van der Waals surface area contributed by atoms with Crippen LogP contribution in [0.25, 0.3) is 10.9 Å². The van der Waals surface area contributed by atoms with Gasteiger partial charge in [-0.3, -0.25) is 4.79 Å². The van der Waals surface area contributed by atoms with Gasteiger partial charge in [-0.1, -0.05) is 18.2 Å². The number of carbonyl (C=O) groups is 1. The Morgan fingerprint density at radius 1 is 1.38 bits per heavy atom. The van der Waals surface area contributed by atoms with E-state index in [0.717, 1.165) is 29.3 Å². The Morgan fingerprint density at radius 3 is 3.00 bits per heavy atom. The summed E-state index contributed by atoms with van der Waals surface area (Å²) in [6, 6.07) is 8.51. The predicted octanol–water partition coefficient (Wildman–Crippen LogP) is 1.99. The first-order chi connectivity index (χ1) is 7.83. The first-order valence-corrected chi connectivity index (χ1v) is 5.67. The fourth-order valence-corrected chi connectivity index (χ4v) is 1.96. The molecular formula is C13H14N2O. The van der Waals surface area contributed by atoms with Crippen LogP contribution in [0.4, 0.5) is 0 Å².